The van der Waals surface area contributed by atoms with Crippen LogP contribution in [0.5, 0.6) is 5.75 Å². The molecule has 1 aromatic rings. The van der Waals surface area contributed by atoms with Crippen LogP contribution in [-0.4, -0.2) is 52.4 Å². The summed E-state index contributed by atoms with van der Waals surface area (Å²) in [7, 11) is 0. The molecule has 0 aliphatic carbocycles. The normalized spacial score (nSPS) is 10.0. The van der Waals surface area contributed by atoms with Gasteiger partial charge in [0.2, 0.25) is 0 Å². The molecular formula is C14H18O6. The van der Waals surface area contributed by atoms with Crippen molar-refractivity contribution in [2.45, 2.75) is 0 Å². The van der Waals surface area contributed by atoms with Crippen molar-refractivity contribution in [3.8, 4) is 5.75 Å². The van der Waals surface area contributed by atoms with Gasteiger partial charge in [0.05, 0.1) is 32.0 Å². The number of rotatable bonds is 12. The maximum atomic E-state index is 10.7. The van der Waals surface area contributed by atoms with E-state index in [1.807, 2.05) is 0 Å². The lowest BCUT2D eigenvalue weighted by Crippen LogP contribution is -2.12. The number of carbonyl (C=O) groups is 2. The Balaban J connectivity index is 1.99. The molecule has 0 bridgehead atoms. The zero-order valence-corrected chi connectivity index (χ0v) is 11.2. The van der Waals surface area contributed by atoms with Gasteiger partial charge in [-0.15, -0.1) is 0 Å². The van der Waals surface area contributed by atoms with Gasteiger partial charge in [0.15, 0.2) is 6.29 Å². The van der Waals surface area contributed by atoms with Gasteiger partial charge in [0, 0.05) is 0 Å². The molecule has 0 aromatic heterocycles. The molecule has 110 valence electrons. The molecule has 0 aliphatic rings. The fraction of sp³-hybridized carbons (Fsp3) is 0.429. The number of ether oxygens (including phenoxy) is 4. The topological polar surface area (TPSA) is 71.1 Å². The lowest BCUT2D eigenvalue weighted by Gasteiger charge is -2.09. The third kappa shape index (κ3) is 6.86. The summed E-state index contributed by atoms with van der Waals surface area (Å²) in [6.45, 7) is 2.60. The molecule has 0 amide bonds. The molecule has 0 radical (unpaired) electrons. The second kappa shape index (κ2) is 11.0. The van der Waals surface area contributed by atoms with Crippen molar-refractivity contribution in [2.75, 3.05) is 39.6 Å². The van der Waals surface area contributed by atoms with Gasteiger partial charge in [-0.1, -0.05) is 12.1 Å². The van der Waals surface area contributed by atoms with E-state index in [4.69, 9.17) is 14.2 Å². The van der Waals surface area contributed by atoms with E-state index in [-0.39, 0.29) is 6.61 Å². The summed E-state index contributed by atoms with van der Waals surface area (Å²) in [5, 5.41) is 0. The molecule has 20 heavy (non-hydrogen) atoms. The van der Waals surface area contributed by atoms with Crippen molar-refractivity contribution < 1.29 is 28.5 Å². The van der Waals surface area contributed by atoms with Crippen LogP contribution in [-0.2, 0) is 19.0 Å². The van der Waals surface area contributed by atoms with Crippen LogP contribution in [0.25, 0.3) is 0 Å². The van der Waals surface area contributed by atoms with E-state index < -0.39 is 0 Å². The molecule has 0 atom stereocenters. The summed E-state index contributed by atoms with van der Waals surface area (Å²) >= 11 is 0. The van der Waals surface area contributed by atoms with Gasteiger partial charge >= 0.3 is 0 Å². The van der Waals surface area contributed by atoms with E-state index in [1.54, 1.807) is 24.3 Å². The molecule has 1 rings (SSSR count). The second-order valence-corrected chi connectivity index (χ2v) is 3.70. The monoisotopic (exact) mass is 282 g/mol. The van der Waals surface area contributed by atoms with Crippen molar-refractivity contribution >= 4 is 12.8 Å². The van der Waals surface area contributed by atoms with Crippen molar-refractivity contribution in [2.24, 2.45) is 0 Å². The maximum absolute atomic E-state index is 10.7. The average Bonchev–Trinajstić information content (AvgIpc) is 2.49. The Morgan fingerprint density at radius 1 is 0.850 bits per heavy atom. The first-order chi connectivity index (χ1) is 9.88. The number of aldehydes is 1. The fourth-order valence-corrected chi connectivity index (χ4v) is 1.40. The van der Waals surface area contributed by atoms with Crippen LogP contribution in [0.3, 0.4) is 0 Å². The Kier molecular flexibility index (Phi) is 8.84. The van der Waals surface area contributed by atoms with E-state index >= 15 is 0 Å². The predicted molar refractivity (Wildman–Crippen MR) is 71.0 cm³/mol. The summed E-state index contributed by atoms with van der Waals surface area (Å²) in [5.74, 6) is 0.549. The van der Waals surface area contributed by atoms with Crippen LogP contribution < -0.4 is 4.74 Å². The summed E-state index contributed by atoms with van der Waals surface area (Å²) in [6, 6.07) is 7.01. The highest BCUT2D eigenvalue weighted by atomic mass is 16.6. The minimum Gasteiger partial charge on any atom is -0.490 e. The summed E-state index contributed by atoms with van der Waals surface area (Å²) < 4.78 is 20.3. The highest BCUT2D eigenvalue weighted by Gasteiger charge is 2.00. The molecule has 0 aliphatic heterocycles. The molecule has 1 aromatic carbocycles. The van der Waals surface area contributed by atoms with Gasteiger partial charge in [-0.3, -0.25) is 9.59 Å². The zero-order valence-electron chi connectivity index (χ0n) is 11.2. The van der Waals surface area contributed by atoms with Gasteiger partial charge in [-0.2, -0.15) is 0 Å². The van der Waals surface area contributed by atoms with E-state index in [1.165, 1.54) is 0 Å². The molecule has 0 unspecified atom stereocenters. The molecule has 6 nitrogen and oxygen atoms in total. The highest BCUT2D eigenvalue weighted by molar-refractivity contribution is 5.79. The second-order valence-electron chi connectivity index (χ2n) is 3.70. The number of carbonyl (C=O) groups excluding carboxylic acids is 2. The Bertz CT molecular complexity index is 393. The molecular weight excluding hydrogens is 264 g/mol. The Morgan fingerprint density at radius 3 is 2.20 bits per heavy atom. The number of para-hydroxylation sites is 1. The lowest BCUT2D eigenvalue weighted by atomic mass is 10.2. The molecule has 0 spiro atoms. The van der Waals surface area contributed by atoms with Gasteiger partial charge in [0.25, 0.3) is 6.47 Å². The van der Waals surface area contributed by atoms with Gasteiger partial charge < -0.3 is 18.9 Å². The minimum absolute atomic E-state index is 0.245. The standard InChI is InChI=1S/C14H18O6/c15-11-13-3-1-2-4-14(13)20-10-9-18-6-5-17-7-8-19-12-16/h1-4,11-12H,5-10H2. The van der Waals surface area contributed by atoms with E-state index in [0.29, 0.717) is 50.8 Å². The third-order valence-electron chi connectivity index (χ3n) is 2.32. The molecule has 0 saturated heterocycles. The number of hydrogen-bond acceptors (Lipinski definition) is 6. The first kappa shape index (κ1) is 16.1. The first-order valence-electron chi connectivity index (χ1n) is 6.26. The van der Waals surface area contributed by atoms with Crippen molar-refractivity contribution in [1.82, 2.24) is 0 Å². The largest absolute Gasteiger partial charge is 0.490 e. The molecule has 6 heteroatoms. The van der Waals surface area contributed by atoms with Gasteiger partial charge in [0.1, 0.15) is 19.0 Å². The van der Waals surface area contributed by atoms with Crippen LogP contribution >= 0.6 is 0 Å². The maximum Gasteiger partial charge on any atom is 0.293 e. The summed E-state index contributed by atoms with van der Waals surface area (Å²) in [6.07, 6.45) is 0.755. The Hall–Kier alpha value is -1.92. The van der Waals surface area contributed by atoms with Crippen molar-refractivity contribution in [3.63, 3.8) is 0 Å². The first-order valence-corrected chi connectivity index (χ1v) is 6.26. The highest BCUT2D eigenvalue weighted by Crippen LogP contribution is 2.15. The summed E-state index contributed by atoms with van der Waals surface area (Å²) in [4.78, 5) is 20.6. The summed E-state index contributed by atoms with van der Waals surface area (Å²) in [5.41, 5.74) is 0.519. The van der Waals surface area contributed by atoms with Crippen LogP contribution in [0, 0.1) is 0 Å². The van der Waals surface area contributed by atoms with Gasteiger partial charge in [-0.25, -0.2) is 0 Å². The predicted octanol–water partition coefficient (Wildman–Crippen LogP) is 1.08. The van der Waals surface area contributed by atoms with Crippen LogP contribution in [0.15, 0.2) is 24.3 Å². The van der Waals surface area contributed by atoms with Crippen LogP contribution in [0.2, 0.25) is 0 Å². The molecule has 0 heterocycles. The quantitative estimate of drug-likeness (QED) is 0.422. The average molecular weight is 282 g/mol. The SMILES string of the molecule is O=COCCOCCOCCOc1ccccc1C=O. The smallest absolute Gasteiger partial charge is 0.293 e. The van der Waals surface area contributed by atoms with Crippen LogP contribution in [0.4, 0.5) is 0 Å². The van der Waals surface area contributed by atoms with E-state index in [0.717, 1.165) is 6.29 Å². The fourth-order valence-electron chi connectivity index (χ4n) is 1.40. The molecule has 0 fully saturated rings. The zero-order chi connectivity index (χ0) is 14.5. The Labute approximate surface area is 117 Å². The third-order valence-corrected chi connectivity index (χ3v) is 2.32. The van der Waals surface area contributed by atoms with Crippen molar-refractivity contribution in [3.05, 3.63) is 29.8 Å². The number of hydrogen-bond donors (Lipinski definition) is 0. The van der Waals surface area contributed by atoms with Crippen molar-refractivity contribution in [1.29, 1.82) is 0 Å². The van der Waals surface area contributed by atoms with Crippen LogP contribution in [0.1, 0.15) is 10.4 Å². The minimum atomic E-state index is 0.245. The molecule has 0 N–H and O–H groups in total. The Morgan fingerprint density at radius 2 is 1.50 bits per heavy atom. The number of benzene rings is 1. The molecule has 0 saturated carbocycles. The van der Waals surface area contributed by atoms with E-state index in [2.05, 4.69) is 4.74 Å². The lowest BCUT2D eigenvalue weighted by molar-refractivity contribution is -0.130. The van der Waals surface area contributed by atoms with Gasteiger partial charge in [-0.05, 0) is 12.1 Å². The van der Waals surface area contributed by atoms with E-state index in [9.17, 15) is 9.59 Å².